The summed E-state index contributed by atoms with van der Waals surface area (Å²) < 4.78 is 17.2. The molecule has 210 valence electrons. The van der Waals surface area contributed by atoms with Crippen LogP contribution in [0.1, 0.15) is 90.9 Å². The van der Waals surface area contributed by atoms with Gasteiger partial charge < -0.3 is 14.6 Å². The van der Waals surface area contributed by atoms with E-state index in [4.69, 9.17) is 4.98 Å². The third-order valence-electron chi connectivity index (χ3n) is 9.18. The number of amides is 2. The maximum atomic E-state index is 15.3. The standard InChI is InChI=1S/C34H35FN4O2/c1-21-27-9-5-4-8-23(27)14-15-39(21)34(41)25-17-29(24-10-11-24)33-37-31(20-38(33)19-25)28-13-12-26(18-30(28)35)36-32(40)16-22-6-2-3-7-22/h4-5,8-9,12-13,17-22,24H,2-3,6-7,10-11,14-16H2,1H3,(H,36,40)/t21-/m1/s1. The number of anilines is 1. The lowest BCUT2D eigenvalue weighted by atomic mass is 9.93. The SMILES string of the molecule is C[C@@H]1c2ccccc2CCN1C(=O)c1cc(C2CC2)c2nc(-c3ccc(NC(=O)CC4CCCC4)cc3F)cn2c1. The summed E-state index contributed by atoms with van der Waals surface area (Å²) in [6, 6.07) is 15.1. The minimum atomic E-state index is -0.433. The number of carbonyl (C=O) groups is 2. The van der Waals surface area contributed by atoms with E-state index >= 15 is 4.39 Å². The number of halogens is 1. The van der Waals surface area contributed by atoms with Crippen LogP contribution in [0.4, 0.5) is 10.1 Å². The monoisotopic (exact) mass is 550 g/mol. The van der Waals surface area contributed by atoms with Crippen molar-refractivity contribution in [1.82, 2.24) is 14.3 Å². The van der Waals surface area contributed by atoms with Crippen molar-refractivity contribution in [2.45, 2.75) is 70.3 Å². The molecule has 1 N–H and O–H groups in total. The molecule has 2 aliphatic carbocycles. The Balaban J connectivity index is 1.16. The summed E-state index contributed by atoms with van der Waals surface area (Å²) in [6.07, 6.45) is 11.7. The highest BCUT2D eigenvalue weighted by Crippen LogP contribution is 2.43. The molecule has 0 radical (unpaired) electrons. The molecule has 0 bridgehead atoms. The van der Waals surface area contributed by atoms with Gasteiger partial charge in [0.2, 0.25) is 5.91 Å². The Labute approximate surface area is 239 Å². The van der Waals surface area contributed by atoms with E-state index in [9.17, 15) is 9.59 Å². The molecule has 2 aromatic carbocycles. The van der Waals surface area contributed by atoms with E-state index in [1.165, 1.54) is 30.0 Å². The van der Waals surface area contributed by atoms with Gasteiger partial charge in [-0.15, -0.1) is 0 Å². The highest BCUT2D eigenvalue weighted by atomic mass is 19.1. The Morgan fingerprint density at radius 3 is 2.59 bits per heavy atom. The second-order valence-corrected chi connectivity index (χ2v) is 12.0. The molecule has 0 spiro atoms. The maximum Gasteiger partial charge on any atom is 0.255 e. The van der Waals surface area contributed by atoms with E-state index in [0.717, 1.165) is 43.3 Å². The minimum Gasteiger partial charge on any atom is -0.331 e. The van der Waals surface area contributed by atoms with Gasteiger partial charge in [-0.2, -0.15) is 0 Å². The predicted molar refractivity (Wildman–Crippen MR) is 157 cm³/mol. The fourth-order valence-corrected chi connectivity index (χ4v) is 6.77. The van der Waals surface area contributed by atoms with E-state index in [1.54, 1.807) is 12.1 Å². The summed E-state index contributed by atoms with van der Waals surface area (Å²) in [5, 5.41) is 2.86. The molecule has 1 atom stereocenters. The number of carbonyl (C=O) groups excluding carboxylic acids is 2. The van der Waals surface area contributed by atoms with Crippen LogP contribution < -0.4 is 5.32 Å². The number of hydrogen-bond donors (Lipinski definition) is 1. The number of nitrogens with one attached hydrogen (secondary N) is 1. The number of rotatable bonds is 6. The van der Waals surface area contributed by atoms with Crippen LogP contribution in [-0.4, -0.2) is 32.6 Å². The molecule has 0 unspecified atom stereocenters. The number of pyridine rings is 1. The third-order valence-corrected chi connectivity index (χ3v) is 9.18. The van der Waals surface area contributed by atoms with Crippen molar-refractivity contribution in [1.29, 1.82) is 0 Å². The lowest BCUT2D eigenvalue weighted by Crippen LogP contribution is -2.39. The highest BCUT2D eigenvalue weighted by molar-refractivity contribution is 5.95. The third kappa shape index (κ3) is 5.03. The first-order valence-corrected chi connectivity index (χ1v) is 15.0. The molecule has 6 nitrogen and oxygen atoms in total. The summed E-state index contributed by atoms with van der Waals surface area (Å²) in [5.41, 5.74) is 6.30. The zero-order valence-electron chi connectivity index (χ0n) is 23.4. The predicted octanol–water partition coefficient (Wildman–Crippen LogP) is 7.30. The Morgan fingerprint density at radius 2 is 1.80 bits per heavy atom. The number of fused-ring (bicyclic) bond motifs is 2. The van der Waals surface area contributed by atoms with Crippen molar-refractivity contribution in [2.24, 2.45) is 5.92 Å². The van der Waals surface area contributed by atoms with Crippen LogP contribution in [0.15, 0.2) is 60.9 Å². The summed E-state index contributed by atoms with van der Waals surface area (Å²) in [5.74, 6) is 0.312. The molecule has 1 aliphatic heterocycles. The van der Waals surface area contributed by atoms with E-state index < -0.39 is 5.82 Å². The van der Waals surface area contributed by atoms with Crippen LogP contribution >= 0.6 is 0 Å². The largest absolute Gasteiger partial charge is 0.331 e. The molecular weight excluding hydrogens is 515 g/mol. The topological polar surface area (TPSA) is 66.7 Å². The molecule has 7 rings (SSSR count). The van der Waals surface area contributed by atoms with E-state index in [1.807, 2.05) is 33.8 Å². The Hall–Kier alpha value is -4.00. The van der Waals surface area contributed by atoms with Crippen molar-refractivity contribution in [3.63, 3.8) is 0 Å². The quantitative estimate of drug-likeness (QED) is 0.274. The number of hydrogen-bond acceptors (Lipinski definition) is 3. The van der Waals surface area contributed by atoms with Crippen molar-refractivity contribution >= 4 is 23.1 Å². The molecule has 3 heterocycles. The van der Waals surface area contributed by atoms with Crippen LogP contribution in [0.2, 0.25) is 0 Å². The zero-order valence-corrected chi connectivity index (χ0v) is 23.4. The summed E-state index contributed by atoms with van der Waals surface area (Å²) >= 11 is 0. The van der Waals surface area contributed by atoms with Crippen LogP contribution in [0.25, 0.3) is 16.9 Å². The molecule has 0 saturated heterocycles. The van der Waals surface area contributed by atoms with E-state index in [-0.39, 0.29) is 17.9 Å². The second-order valence-electron chi connectivity index (χ2n) is 12.0. The van der Waals surface area contributed by atoms with Gasteiger partial charge in [-0.05, 0) is 91.8 Å². The van der Waals surface area contributed by atoms with Crippen LogP contribution in [-0.2, 0) is 11.2 Å². The van der Waals surface area contributed by atoms with Crippen molar-refractivity contribution in [3.8, 4) is 11.3 Å². The first-order chi connectivity index (χ1) is 19.9. The summed E-state index contributed by atoms with van der Waals surface area (Å²) in [7, 11) is 0. The Morgan fingerprint density at radius 1 is 1.00 bits per heavy atom. The minimum absolute atomic E-state index is 0.00265. The molecule has 7 heteroatoms. The fraction of sp³-hybridized carbons (Fsp3) is 0.382. The van der Waals surface area contributed by atoms with Crippen LogP contribution in [0.3, 0.4) is 0 Å². The highest BCUT2D eigenvalue weighted by Gasteiger charge is 2.32. The van der Waals surface area contributed by atoms with Gasteiger partial charge in [-0.3, -0.25) is 9.59 Å². The van der Waals surface area contributed by atoms with Gasteiger partial charge in [0, 0.05) is 36.6 Å². The molecule has 4 aromatic rings. The number of benzene rings is 2. The van der Waals surface area contributed by atoms with Crippen molar-refractivity contribution < 1.29 is 14.0 Å². The van der Waals surface area contributed by atoms with Gasteiger partial charge in [-0.1, -0.05) is 37.1 Å². The zero-order chi connectivity index (χ0) is 28.1. The van der Waals surface area contributed by atoms with E-state index in [0.29, 0.717) is 47.3 Å². The average molecular weight is 551 g/mol. The van der Waals surface area contributed by atoms with Gasteiger partial charge in [0.1, 0.15) is 11.5 Å². The van der Waals surface area contributed by atoms with Crippen molar-refractivity contribution in [3.05, 3.63) is 89.0 Å². The van der Waals surface area contributed by atoms with Gasteiger partial charge in [-0.25, -0.2) is 9.37 Å². The van der Waals surface area contributed by atoms with E-state index in [2.05, 4.69) is 30.4 Å². The number of imidazole rings is 1. The average Bonchev–Trinajstić information content (AvgIpc) is 3.52. The first-order valence-electron chi connectivity index (χ1n) is 15.0. The lowest BCUT2D eigenvalue weighted by Gasteiger charge is -2.35. The van der Waals surface area contributed by atoms with Crippen molar-refractivity contribution in [2.75, 3.05) is 11.9 Å². The smallest absolute Gasteiger partial charge is 0.255 e. The molecule has 2 aromatic heterocycles. The number of aromatic nitrogens is 2. The number of nitrogens with zero attached hydrogens (tertiary/aromatic N) is 3. The molecular formula is C34H35FN4O2. The molecule has 2 fully saturated rings. The normalized spacial score (nSPS) is 19.0. The summed E-state index contributed by atoms with van der Waals surface area (Å²) in [6.45, 7) is 2.77. The first kappa shape index (κ1) is 25.9. The molecule has 2 saturated carbocycles. The van der Waals surface area contributed by atoms with Crippen LogP contribution in [0.5, 0.6) is 0 Å². The molecule has 3 aliphatic rings. The Bertz CT molecular complexity index is 1650. The summed E-state index contributed by atoms with van der Waals surface area (Å²) in [4.78, 5) is 33.1. The molecule has 41 heavy (non-hydrogen) atoms. The fourth-order valence-electron chi connectivity index (χ4n) is 6.77. The maximum absolute atomic E-state index is 15.3. The van der Waals surface area contributed by atoms with Gasteiger partial charge in [0.25, 0.3) is 5.91 Å². The van der Waals surface area contributed by atoms with Gasteiger partial charge >= 0.3 is 0 Å². The molecule has 2 amide bonds. The second kappa shape index (κ2) is 10.4. The lowest BCUT2D eigenvalue weighted by molar-refractivity contribution is -0.117. The van der Waals surface area contributed by atoms with Gasteiger partial charge in [0.15, 0.2) is 0 Å². The van der Waals surface area contributed by atoms with Gasteiger partial charge in [0.05, 0.1) is 17.3 Å². The van der Waals surface area contributed by atoms with Crippen LogP contribution in [0, 0.1) is 11.7 Å². The Kier molecular flexibility index (Phi) is 6.60.